The fourth-order valence-corrected chi connectivity index (χ4v) is 4.50. The summed E-state index contributed by atoms with van der Waals surface area (Å²) in [7, 11) is 0. The van der Waals surface area contributed by atoms with Gasteiger partial charge in [0, 0.05) is 17.2 Å². The lowest BCUT2D eigenvalue weighted by Crippen LogP contribution is -2.16. The van der Waals surface area contributed by atoms with Gasteiger partial charge in [0.25, 0.3) is 0 Å². The molecule has 3 heteroatoms. The maximum absolute atomic E-state index is 12.4. The topological polar surface area (TPSA) is 46.5 Å². The van der Waals surface area contributed by atoms with E-state index in [1.165, 1.54) is 6.08 Å². The largest absolute Gasteiger partial charge is 0.507 e. The van der Waals surface area contributed by atoms with E-state index in [1.54, 1.807) is 0 Å². The molecule has 31 heavy (non-hydrogen) atoms. The molecule has 0 fully saturated rings. The van der Waals surface area contributed by atoms with Crippen molar-refractivity contribution in [3.8, 4) is 5.75 Å². The van der Waals surface area contributed by atoms with Crippen molar-refractivity contribution in [2.45, 2.75) is 66.7 Å². The molecule has 164 valence electrons. The number of carbonyl (C=O) groups is 1. The van der Waals surface area contributed by atoms with E-state index in [9.17, 15) is 9.90 Å². The molecule has 0 saturated heterocycles. The highest BCUT2D eigenvalue weighted by atomic mass is 16.5. The number of aryl methyl sites for hydroxylation is 2. The van der Waals surface area contributed by atoms with Crippen molar-refractivity contribution in [2.75, 3.05) is 0 Å². The lowest BCUT2D eigenvalue weighted by atomic mass is 9.81. The molecule has 1 aliphatic rings. The summed E-state index contributed by atoms with van der Waals surface area (Å²) in [6.07, 6.45) is 1.19. The Labute approximate surface area is 186 Å². The molecule has 2 aromatic carbocycles. The van der Waals surface area contributed by atoms with E-state index in [2.05, 4.69) is 73.2 Å². The number of benzene rings is 2. The number of esters is 1. The third-order valence-electron chi connectivity index (χ3n) is 5.83. The van der Waals surface area contributed by atoms with Gasteiger partial charge in [0.05, 0.1) is 5.92 Å². The SMILES string of the molecule is C=CC(=O)OC1=C(C(C)(C)C)c2cc(C)ccc2C1c1cc(C)cc(C(C)(C)C)c1O. The zero-order valence-corrected chi connectivity index (χ0v) is 20.0. The molecule has 0 aromatic heterocycles. The van der Waals surface area contributed by atoms with E-state index in [0.717, 1.165) is 39.0 Å². The maximum atomic E-state index is 12.4. The van der Waals surface area contributed by atoms with Gasteiger partial charge in [-0.05, 0) is 41.4 Å². The molecule has 0 amide bonds. The van der Waals surface area contributed by atoms with Crippen LogP contribution in [0.25, 0.3) is 5.57 Å². The molecule has 1 unspecified atom stereocenters. The summed E-state index contributed by atoms with van der Waals surface area (Å²) in [4.78, 5) is 12.4. The smallest absolute Gasteiger partial charge is 0.335 e. The van der Waals surface area contributed by atoms with Gasteiger partial charge in [0.1, 0.15) is 11.5 Å². The van der Waals surface area contributed by atoms with E-state index in [4.69, 9.17) is 4.74 Å². The van der Waals surface area contributed by atoms with Crippen LogP contribution in [0.15, 0.2) is 48.7 Å². The van der Waals surface area contributed by atoms with Gasteiger partial charge in [0.15, 0.2) is 0 Å². The van der Waals surface area contributed by atoms with Crippen LogP contribution in [0.1, 0.15) is 80.8 Å². The third-order valence-corrected chi connectivity index (χ3v) is 5.83. The highest BCUT2D eigenvalue weighted by Crippen LogP contribution is 2.54. The lowest BCUT2D eigenvalue weighted by molar-refractivity contribution is -0.134. The number of aromatic hydroxyl groups is 1. The average molecular weight is 419 g/mol. The van der Waals surface area contributed by atoms with E-state index < -0.39 is 5.97 Å². The first-order valence-corrected chi connectivity index (χ1v) is 10.8. The Morgan fingerprint density at radius 1 is 0.968 bits per heavy atom. The summed E-state index contributed by atoms with van der Waals surface area (Å²) in [5.41, 5.74) is 6.46. The predicted octanol–water partition coefficient (Wildman–Crippen LogP) is 6.94. The van der Waals surface area contributed by atoms with Crippen LogP contribution in [0.4, 0.5) is 0 Å². The molecule has 0 saturated carbocycles. The van der Waals surface area contributed by atoms with Crippen molar-refractivity contribution in [3.63, 3.8) is 0 Å². The summed E-state index contributed by atoms with van der Waals surface area (Å²) in [5, 5.41) is 11.4. The minimum Gasteiger partial charge on any atom is -0.507 e. The molecule has 0 spiro atoms. The maximum Gasteiger partial charge on any atom is 0.335 e. The zero-order chi connectivity index (χ0) is 23.3. The highest BCUT2D eigenvalue weighted by molar-refractivity contribution is 5.88. The first kappa shape index (κ1) is 22.9. The number of phenols is 1. The molecule has 0 heterocycles. The molecular formula is C28H34O3. The Balaban J connectivity index is 2.41. The average Bonchev–Trinajstić information content (AvgIpc) is 2.95. The van der Waals surface area contributed by atoms with Crippen LogP contribution in [0, 0.1) is 19.3 Å². The van der Waals surface area contributed by atoms with Gasteiger partial charge in [-0.15, -0.1) is 0 Å². The molecule has 3 nitrogen and oxygen atoms in total. The summed E-state index contributed by atoms with van der Waals surface area (Å²) < 4.78 is 5.92. The number of phenolic OH excluding ortho intramolecular Hbond substituents is 1. The number of hydrogen-bond acceptors (Lipinski definition) is 3. The minimum atomic E-state index is -0.491. The molecule has 1 atom stereocenters. The normalized spacial score (nSPS) is 16.3. The molecule has 1 aliphatic carbocycles. The van der Waals surface area contributed by atoms with Crippen LogP contribution >= 0.6 is 0 Å². The van der Waals surface area contributed by atoms with Gasteiger partial charge in [0.2, 0.25) is 0 Å². The number of rotatable bonds is 3. The van der Waals surface area contributed by atoms with E-state index in [-0.39, 0.29) is 22.5 Å². The molecule has 1 N–H and O–H groups in total. The quantitative estimate of drug-likeness (QED) is 0.434. The van der Waals surface area contributed by atoms with Gasteiger partial charge in [-0.1, -0.05) is 89.6 Å². The standard InChI is InChI=1S/C28H34O3/c1-10-22(29)31-26-23(20-14-17(3)15-21(25(20)30)27(4,5)6)18-12-11-16(2)13-19(18)24(26)28(7,8)9/h10-15,23,30H,1H2,2-9H3. The fraction of sp³-hybridized carbons (Fsp3) is 0.393. The summed E-state index contributed by atoms with van der Waals surface area (Å²) >= 11 is 0. The highest BCUT2D eigenvalue weighted by Gasteiger charge is 2.41. The van der Waals surface area contributed by atoms with Crippen molar-refractivity contribution in [1.29, 1.82) is 0 Å². The van der Waals surface area contributed by atoms with Crippen molar-refractivity contribution in [3.05, 3.63) is 82.1 Å². The molecule has 0 aliphatic heterocycles. The lowest BCUT2D eigenvalue weighted by Gasteiger charge is -2.26. The zero-order valence-electron chi connectivity index (χ0n) is 20.0. The molecule has 2 aromatic rings. The Morgan fingerprint density at radius 2 is 1.61 bits per heavy atom. The first-order chi connectivity index (χ1) is 14.3. The Hall–Kier alpha value is -2.81. The van der Waals surface area contributed by atoms with Crippen LogP contribution < -0.4 is 0 Å². The molecular weight excluding hydrogens is 384 g/mol. The van der Waals surface area contributed by atoms with Crippen LogP contribution in [0.5, 0.6) is 5.75 Å². The second kappa shape index (κ2) is 7.71. The van der Waals surface area contributed by atoms with E-state index in [0.29, 0.717) is 5.76 Å². The van der Waals surface area contributed by atoms with Gasteiger partial charge in [-0.25, -0.2) is 4.79 Å². The molecule has 3 rings (SSSR count). The summed E-state index contributed by atoms with van der Waals surface area (Å²) in [6, 6.07) is 10.4. The Bertz CT molecular complexity index is 1090. The van der Waals surface area contributed by atoms with Gasteiger partial charge in [-0.2, -0.15) is 0 Å². The van der Waals surface area contributed by atoms with Gasteiger partial charge >= 0.3 is 5.97 Å². The molecule has 0 bridgehead atoms. The number of allylic oxidation sites excluding steroid dienone is 2. The van der Waals surface area contributed by atoms with Crippen molar-refractivity contribution < 1.29 is 14.6 Å². The predicted molar refractivity (Wildman–Crippen MR) is 127 cm³/mol. The second-order valence-corrected chi connectivity index (χ2v) is 10.6. The number of carbonyl (C=O) groups excluding carboxylic acids is 1. The molecule has 0 radical (unpaired) electrons. The monoisotopic (exact) mass is 418 g/mol. The van der Waals surface area contributed by atoms with Crippen LogP contribution in [0.2, 0.25) is 0 Å². The number of fused-ring (bicyclic) bond motifs is 1. The first-order valence-electron chi connectivity index (χ1n) is 10.8. The number of hydrogen-bond donors (Lipinski definition) is 1. The Kier molecular flexibility index (Phi) is 5.69. The Morgan fingerprint density at radius 3 is 2.16 bits per heavy atom. The minimum absolute atomic E-state index is 0.228. The van der Waals surface area contributed by atoms with Crippen LogP contribution in [0.3, 0.4) is 0 Å². The fourth-order valence-electron chi connectivity index (χ4n) is 4.50. The third kappa shape index (κ3) is 4.19. The summed E-state index contributed by atoms with van der Waals surface area (Å²) in [5.74, 6) is -0.0140. The second-order valence-electron chi connectivity index (χ2n) is 10.6. The van der Waals surface area contributed by atoms with Gasteiger partial charge in [-0.3, -0.25) is 0 Å². The van der Waals surface area contributed by atoms with Crippen molar-refractivity contribution in [2.24, 2.45) is 5.41 Å². The number of ether oxygens (including phenoxy) is 1. The van der Waals surface area contributed by atoms with Crippen molar-refractivity contribution in [1.82, 2.24) is 0 Å². The van der Waals surface area contributed by atoms with Crippen LogP contribution in [-0.2, 0) is 14.9 Å². The van der Waals surface area contributed by atoms with Gasteiger partial charge < -0.3 is 9.84 Å². The van der Waals surface area contributed by atoms with E-state index in [1.807, 2.05) is 19.1 Å². The van der Waals surface area contributed by atoms with Crippen molar-refractivity contribution >= 4 is 11.5 Å². The summed E-state index contributed by atoms with van der Waals surface area (Å²) in [6.45, 7) is 20.3. The van der Waals surface area contributed by atoms with E-state index >= 15 is 0 Å². The van der Waals surface area contributed by atoms with Crippen LogP contribution in [-0.4, -0.2) is 11.1 Å².